The van der Waals surface area contributed by atoms with Gasteiger partial charge in [0.2, 0.25) is 5.91 Å². The highest BCUT2D eigenvalue weighted by atomic mass is 19.1. The Morgan fingerprint density at radius 3 is 2.24 bits per heavy atom. The first kappa shape index (κ1) is 28.9. The molecule has 41 heavy (non-hydrogen) atoms. The Hall–Kier alpha value is -3.58. The number of likely N-dealkylation sites (tertiary alicyclic amines) is 1. The van der Waals surface area contributed by atoms with E-state index >= 15 is 0 Å². The zero-order valence-corrected chi connectivity index (χ0v) is 25.3. The smallest absolute Gasteiger partial charge is 0.256 e. The molecule has 0 bridgehead atoms. The van der Waals surface area contributed by atoms with Gasteiger partial charge < -0.3 is 5.73 Å². The minimum atomic E-state index is -1.44. The second-order valence-electron chi connectivity index (χ2n) is 13.1. The lowest BCUT2D eigenvalue weighted by molar-refractivity contribution is -0.126. The van der Waals surface area contributed by atoms with Crippen molar-refractivity contribution in [2.75, 3.05) is 13.1 Å². The third-order valence-electron chi connectivity index (χ3n) is 8.99. The molecule has 7 heteroatoms. The molecule has 0 radical (unpaired) electrons. The third-order valence-corrected chi connectivity index (χ3v) is 8.99. The molecule has 1 unspecified atom stereocenters. The topological polar surface area (TPSA) is 81.2 Å². The molecule has 3 aromatic rings. The number of halogens is 1. The predicted molar refractivity (Wildman–Crippen MR) is 164 cm³/mol. The molecule has 0 saturated carbocycles. The van der Waals surface area contributed by atoms with Crippen molar-refractivity contribution < 1.29 is 9.18 Å². The SMILES string of the molecule is CC1=CC(C)(F)CC=C1c1cc(C2(C(N)=O)CCN(C(C)(C)C)CC2)nc2c1ccc(=O)n2-c1c(C)cccc1C. The number of amides is 1. The van der Waals surface area contributed by atoms with Crippen molar-refractivity contribution in [2.45, 2.75) is 84.4 Å². The summed E-state index contributed by atoms with van der Waals surface area (Å²) in [6.07, 6.45) is 4.85. The first-order valence-corrected chi connectivity index (χ1v) is 14.4. The van der Waals surface area contributed by atoms with Gasteiger partial charge in [0, 0.05) is 36.5 Å². The molecule has 216 valence electrons. The third kappa shape index (κ3) is 5.05. The van der Waals surface area contributed by atoms with Crippen LogP contribution in [0.4, 0.5) is 4.39 Å². The van der Waals surface area contributed by atoms with Gasteiger partial charge in [0.1, 0.15) is 11.3 Å². The highest BCUT2D eigenvalue weighted by Gasteiger charge is 2.45. The van der Waals surface area contributed by atoms with Gasteiger partial charge in [-0.05, 0) is 107 Å². The molecule has 2 N–H and O–H groups in total. The van der Waals surface area contributed by atoms with Gasteiger partial charge in [0.05, 0.1) is 16.8 Å². The Labute approximate surface area is 241 Å². The van der Waals surface area contributed by atoms with E-state index in [1.165, 1.54) is 0 Å². The summed E-state index contributed by atoms with van der Waals surface area (Å²) in [6.45, 7) is 15.3. The van der Waals surface area contributed by atoms with E-state index in [0.29, 0.717) is 37.3 Å². The monoisotopic (exact) mass is 556 g/mol. The van der Waals surface area contributed by atoms with Gasteiger partial charge in [-0.2, -0.15) is 0 Å². The molecule has 1 aromatic carbocycles. The average molecular weight is 557 g/mol. The number of hydrogen-bond acceptors (Lipinski definition) is 4. The lowest BCUT2D eigenvalue weighted by Crippen LogP contribution is -2.54. The zero-order valence-electron chi connectivity index (χ0n) is 25.3. The lowest BCUT2D eigenvalue weighted by atomic mass is 9.73. The zero-order chi connectivity index (χ0) is 29.9. The van der Waals surface area contributed by atoms with Crippen molar-refractivity contribution in [2.24, 2.45) is 5.73 Å². The number of pyridine rings is 2. The Bertz CT molecular complexity index is 1640. The van der Waals surface area contributed by atoms with Crippen LogP contribution in [0.15, 0.2) is 58.9 Å². The molecule has 1 saturated heterocycles. The van der Waals surface area contributed by atoms with Crippen LogP contribution in [0.1, 0.15) is 76.3 Å². The number of para-hydroxylation sites is 1. The van der Waals surface area contributed by atoms with E-state index in [2.05, 4.69) is 25.7 Å². The summed E-state index contributed by atoms with van der Waals surface area (Å²) in [5.74, 6) is -0.415. The second-order valence-corrected chi connectivity index (χ2v) is 13.1. The van der Waals surface area contributed by atoms with Gasteiger partial charge in [-0.15, -0.1) is 0 Å². The fraction of sp³-hybridized carbons (Fsp3) is 0.441. The fourth-order valence-electron chi connectivity index (χ4n) is 6.61. The van der Waals surface area contributed by atoms with Crippen molar-refractivity contribution in [3.63, 3.8) is 0 Å². The molecule has 2 aromatic heterocycles. The maximum absolute atomic E-state index is 15.0. The molecule has 0 spiro atoms. The van der Waals surface area contributed by atoms with Crippen molar-refractivity contribution in [1.82, 2.24) is 14.5 Å². The normalized spacial score (nSPS) is 21.5. The van der Waals surface area contributed by atoms with Crippen molar-refractivity contribution >= 4 is 22.5 Å². The van der Waals surface area contributed by atoms with Gasteiger partial charge in [-0.3, -0.25) is 19.1 Å². The number of carbonyl (C=O) groups is 1. The number of piperidine rings is 1. The molecule has 1 aliphatic carbocycles. The van der Waals surface area contributed by atoms with Crippen LogP contribution in [0, 0.1) is 13.8 Å². The number of nitrogens with two attached hydrogens (primary N) is 1. The van der Waals surface area contributed by atoms with Gasteiger partial charge >= 0.3 is 0 Å². The molecule has 3 heterocycles. The summed E-state index contributed by atoms with van der Waals surface area (Å²) >= 11 is 0. The van der Waals surface area contributed by atoms with Gasteiger partial charge in [0.25, 0.3) is 5.56 Å². The number of hydrogen-bond donors (Lipinski definition) is 1. The van der Waals surface area contributed by atoms with E-state index in [4.69, 9.17) is 10.7 Å². The lowest BCUT2D eigenvalue weighted by Gasteiger charge is -2.45. The van der Waals surface area contributed by atoms with Crippen molar-refractivity contribution in [3.05, 3.63) is 86.9 Å². The molecular weight excluding hydrogens is 515 g/mol. The van der Waals surface area contributed by atoms with Crippen LogP contribution in [0.25, 0.3) is 22.3 Å². The van der Waals surface area contributed by atoms with Crippen LogP contribution < -0.4 is 11.3 Å². The van der Waals surface area contributed by atoms with Crippen LogP contribution in [-0.2, 0) is 10.2 Å². The van der Waals surface area contributed by atoms with E-state index in [1.54, 1.807) is 29.7 Å². The average Bonchev–Trinajstić information content (AvgIpc) is 2.88. The number of benzene rings is 1. The summed E-state index contributed by atoms with van der Waals surface area (Å²) < 4.78 is 16.6. The first-order valence-electron chi connectivity index (χ1n) is 14.4. The number of fused-ring (bicyclic) bond motifs is 1. The predicted octanol–water partition coefficient (Wildman–Crippen LogP) is 6.08. The Morgan fingerprint density at radius 1 is 1.05 bits per heavy atom. The van der Waals surface area contributed by atoms with Gasteiger partial charge in [0.15, 0.2) is 0 Å². The molecule has 1 fully saturated rings. The second kappa shape index (κ2) is 10.1. The number of aryl methyl sites for hydroxylation is 2. The molecule has 6 nitrogen and oxygen atoms in total. The van der Waals surface area contributed by atoms with Crippen LogP contribution in [0.3, 0.4) is 0 Å². The van der Waals surface area contributed by atoms with Crippen LogP contribution in [0.5, 0.6) is 0 Å². The number of carbonyl (C=O) groups excluding carboxylic acids is 1. The van der Waals surface area contributed by atoms with Crippen molar-refractivity contribution in [3.8, 4) is 5.69 Å². The summed E-state index contributed by atoms with van der Waals surface area (Å²) in [7, 11) is 0. The van der Waals surface area contributed by atoms with Crippen LogP contribution in [-0.4, -0.2) is 44.7 Å². The van der Waals surface area contributed by atoms with E-state index in [1.807, 2.05) is 51.1 Å². The Morgan fingerprint density at radius 2 is 1.68 bits per heavy atom. The van der Waals surface area contributed by atoms with E-state index in [9.17, 15) is 14.0 Å². The first-order chi connectivity index (χ1) is 19.1. The quantitative estimate of drug-likeness (QED) is 0.422. The van der Waals surface area contributed by atoms with Gasteiger partial charge in [-0.1, -0.05) is 24.3 Å². The van der Waals surface area contributed by atoms with Crippen LogP contribution in [0.2, 0.25) is 0 Å². The minimum absolute atomic E-state index is 0.0392. The summed E-state index contributed by atoms with van der Waals surface area (Å²) in [5.41, 5.74) is 9.74. The Balaban J connectivity index is 1.84. The van der Waals surface area contributed by atoms with E-state index in [0.717, 1.165) is 38.9 Å². The number of nitrogens with zero attached hydrogens (tertiary/aromatic N) is 3. The fourth-order valence-corrected chi connectivity index (χ4v) is 6.61. The molecular formula is C34H41FN4O2. The number of aromatic nitrogens is 2. The summed E-state index contributed by atoms with van der Waals surface area (Å²) in [6, 6.07) is 11.2. The molecule has 1 aliphatic heterocycles. The number of alkyl halides is 1. The largest absolute Gasteiger partial charge is 0.369 e. The van der Waals surface area contributed by atoms with E-state index < -0.39 is 17.0 Å². The maximum Gasteiger partial charge on any atom is 0.256 e. The minimum Gasteiger partial charge on any atom is -0.369 e. The molecule has 1 atom stereocenters. The summed E-state index contributed by atoms with van der Waals surface area (Å²) in [5, 5.41) is 0.768. The van der Waals surface area contributed by atoms with Crippen LogP contribution >= 0.6 is 0 Å². The highest BCUT2D eigenvalue weighted by Crippen LogP contribution is 2.42. The van der Waals surface area contributed by atoms with Gasteiger partial charge in [-0.25, -0.2) is 9.37 Å². The molecule has 5 rings (SSSR count). The highest BCUT2D eigenvalue weighted by molar-refractivity contribution is 5.97. The van der Waals surface area contributed by atoms with Crippen molar-refractivity contribution in [1.29, 1.82) is 0 Å². The Kier molecular flexibility index (Phi) is 7.09. The standard InChI is InChI=1S/C34H41FN4O2/c1-21-9-8-10-22(2)29(21)39-28(40)12-11-25-26(24-13-14-33(7,35)20-23(24)3)19-27(37-30(25)39)34(31(36)41)15-17-38(18-16-34)32(4,5)6/h8-13,19-20H,14-18H2,1-7H3,(H2,36,41). The number of primary amides is 1. The number of allylic oxidation sites excluding steroid dienone is 4. The summed E-state index contributed by atoms with van der Waals surface area (Å²) in [4.78, 5) is 34.4. The molecule has 1 amide bonds. The number of rotatable bonds is 4. The van der Waals surface area contributed by atoms with E-state index in [-0.39, 0.29) is 17.5 Å². The maximum atomic E-state index is 15.0. The molecule has 2 aliphatic rings.